The molecule has 0 atom stereocenters. The summed E-state index contributed by atoms with van der Waals surface area (Å²) in [6, 6.07) is 5.71. The molecule has 0 aliphatic rings. The van der Waals surface area contributed by atoms with Gasteiger partial charge in [0.2, 0.25) is 5.91 Å². The summed E-state index contributed by atoms with van der Waals surface area (Å²) < 4.78 is 6.15. The second-order valence-electron chi connectivity index (χ2n) is 5.79. The summed E-state index contributed by atoms with van der Waals surface area (Å²) >= 11 is 3.41. The van der Waals surface area contributed by atoms with Crippen molar-refractivity contribution in [2.45, 2.75) is 52.6 Å². The molecule has 1 aromatic carbocycles. The Balaban J connectivity index is 2.53. The molecule has 1 rings (SSSR count). The number of rotatable bonds is 5. The van der Waals surface area contributed by atoms with Gasteiger partial charge in [-0.3, -0.25) is 9.59 Å². The number of benzene rings is 1. The average Bonchev–Trinajstić information content (AvgIpc) is 2.36. The first-order valence-electron chi connectivity index (χ1n) is 7.01. The largest absolute Gasteiger partial charge is 0.460 e. The molecule has 0 unspecified atom stereocenters. The zero-order chi connectivity index (χ0) is 16.0. The summed E-state index contributed by atoms with van der Waals surface area (Å²) in [5.41, 5.74) is 1.32. The Bertz CT molecular complexity index is 521. The van der Waals surface area contributed by atoms with E-state index in [1.54, 1.807) is 20.8 Å². The fraction of sp³-hybridized carbons (Fsp3) is 0.500. The lowest BCUT2D eigenvalue weighted by atomic mass is 10.1. The van der Waals surface area contributed by atoms with Gasteiger partial charge < -0.3 is 10.1 Å². The number of hydrogen-bond acceptors (Lipinski definition) is 3. The van der Waals surface area contributed by atoms with Gasteiger partial charge in [0.1, 0.15) is 5.60 Å². The van der Waals surface area contributed by atoms with E-state index >= 15 is 0 Å². The van der Waals surface area contributed by atoms with Crippen LogP contribution < -0.4 is 5.32 Å². The van der Waals surface area contributed by atoms with E-state index < -0.39 is 5.60 Å². The van der Waals surface area contributed by atoms with Crippen LogP contribution in [-0.2, 0) is 20.7 Å². The highest BCUT2D eigenvalue weighted by Crippen LogP contribution is 2.22. The summed E-state index contributed by atoms with van der Waals surface area (Å²) in [4.78, 5) is 23.5. The highest BCUT2D eigenvalue weighted by atomic mass is 79.9. The minimum atomic E-state index is -0.519. The normalized spacial score (nSPS) is 11.1. The van der Waals surface area contributed by atoms with E-state index in [-0.39, 0.29) is 24.7 Å². The van der Waals surface area contributed by atoms with E-state index in [0.717, 1.165) is 22.1 Å². The Labute approximate surface area is 134 Å². The minimum Gasteiger partial charge on any atom is -0.460 e. The standard InChI is InChI=1S/C16H22BrNO3/c1-5-11-10-12(17)6-7-13(11)18-14(19)8-9-15(20)21-16(2,3)4/h6-7,10H,5,8-9H2,1-4H3,(H,18,19). The van der Waals surface area contributed by atoms with Gasteiger partial charge in [-0.05, 0) is 51.0 Å². The van der Waals surface area contributed by atoms with E-state index in [2.05, 4.69) is 21.2 Å². The molecular formula is C16H22BrNO3. The van der Waals surface area contributed by atoms with Crippen LogP contribution in [-0.4, -0.2) is 17.5 Å². The maximum atomic E-state index is 11.9. The summed E-state index contributed by atoms with van der Waals surface area (Å²) in [5.74, 6) is -0.540. The Hall–Kier alpha value is -1.36. The molecule has 0 aliphatic heterocycles. The predicted molar refractivity (Wildman–Crippen MR) is 87.2 cm³/mol. The van der Waals surface area contributed by atoms with Crippen molar-refractivity contribution in [1.82, 2.24) is 0 Å². The zero-order valence-corrected chi connectivity index (χ0v) is 14.5. The number of carbonyl (C=O) groups is 2. The number of amides is 1. The zero-order valence-electron chi connectivity index (χ0n) is 13.0. The third-order valence-corrected chi connectivity index (χ3v) is 3.19. The van der Waals surface area contributed by atoms with Gasteiger partial charge in [0.15, 0.2) is 0 Å². The van der Waals surface area contributed by atoms with Crippen molar-refractivity contribution >= 4 is 33.5 Å². The fourth-order valence-electron chi connectivity index (χ4n) is 1.80. The van der Waals surface area contributed by atoms with Gasteiger partial charge in [0.25, 0.3) is 0 Å². The van der Waals surface area contributed by atoms with Crippen molar-refractivity contribution in [2.75, 3.05) is 5.32 Å². The molecule has 0 saturated heterocycles. The SMILES string of the molecule is CCc1cc(Br)ccc1NC(=O)CCC(=O)OC(C)(C)C. The number of ether oxygens (including phenoxy) is 1. The summed E-state index contributed by atoms with van der Waals surface area (Å²) in [7, 11) is 0. The molecule has 116 valence electrons. The van der Waals surface area contributed by atoms with Crippen LogP contribution in [0.5, 0.6) is 0 Å². The molecule has 4 nitrogen and oxygen atoms in total. The molecule has 0 radical (unpaired) electrons. The van der Waals surface area contributed by atoms with Crippen LogP contribution in [0.3, 0.4) is 0 Å². The van der Waals surface area contributed by atoms with Gasteiger partial charge >= 0.3 is 5.97 Å². The molecule has 1 amide bonds. The van der Waals surface area contributed by atoms with Crippen LogP contribution >= 0.6 is 15.9 Å². The van der Waals surface area contributed by atoms with Crippen molar-refractivity contribution < 1.29 is 14.3 Å². The van der Waals surface area contributed by atoms with Crippen LogP contribution in [0.1, 0.15) is 46.1 Å². The molecule has 0 spiro atoms. The Morgan fingerprint density at radius 1 is 1.24 bits per heavy atom. The van der Waals surface area contributed by atoms with Crippen LogP contribution in [0, 0.1) is 0 Å². The van der Waals surface area contributed by atoms with E-state index in [4.69, 9.17) is 4.74 Å². The Kier molecular flexibility index (Phi) is 6.40. The summed E-state index contributed by atoms with van der Waals surface area (Å²) in [6.45, 7) is 7.44. The molecule has 0 heterocycles. The third-order valence-electron chi connectivity index (χ3n) is 2.70. The van der Waals surface area contributed by atoms with Crippen LogP contribution in [0.15, 0.2) is 22.7 Å². The second-order valence-corrected chi connectivity index (χ2v) is 6.71. The van der Waals surface area contributed by atoms with E-state index in [1.165, 1.54) is 0 Å². The number of nitrogens with one attached hydrogen (secondary N) is 1. The maximum absolute atomic E-state index is 11.9. The first kappa shape index (κ1) is 17.7. The second kappa shape index (κ2) is 7.59. The van der Waals surface area contributed by atoms with Crippen LogP contribution in [0.2, 0.25) is 0 Å². The number of carbonyl (C=O) groups excluding carboxylic acids is 2. The van der Waals surface area contributed by atoms with Crippen molar-refractivity contribution in [1.29, 1.82) is 0 Å². The molecule has 21 heavy (non-hydrogen) atoms. The number of hydrogen-bond donors (Lipinski definition) is 1. The minimum absolute atomic E-state index is 0.0844. The van der Waals surface area contributed by atoms with Gasteiger partial charge in [0.05, 0.1) is 6.42 Å². The molecule has 1 N–H and O–H groups in total. The summed E-state index contributed by atoms with van der Waals surface area (Å²) in [5, 5.41) is 2.84. The van der Waals surface area contributed by atoms with Gasteiger partial charge in [-0.15, -0.1) is 0 Å². The quantitative estimate of drug-likeness (QED) is 0.809. The molecule has 5 heteroatoms. The van der Waals surface area contributed by atoms with Gasteiger partial charge in [0, 0.05) is 16.6 Å². The molecule has 0 bridgehead atoms. The summed E-state index contributed by atoms with van der Waals surface area (Å²) in [6.07, 6.45) is 1.02. The average molecular weight is 356 g/mol. The highest BCUT2D eigenvalue weighted by molar-refractivity contribution is 9.10. The monoisotopic (exact) mass is 355 g/mol. The predicted octanol–water partition coefficient (Wildman–Crippen LogP) is 4.07. The maximum Gasteiger partial charge on any atom is 0.306 e. The fourth-order valence-corrected chi connectivity index (χ4v) is 2.21. The van der Waals surface area contributed by atoms with Crippen LogP contribution in [0.4, 0.5) is 5.69 Å². The van der Waals surface area contributed by atoms with Crippen molar-refractivity contribution in [3.05, 3.63) is 28.2 Å². The lowest BCUT2D eigenvalue weighted by Crippen LogP contribution is -2.24. The lowest BCUT2D eigenvalue weighted by Gasteiger charge is -2.19. The molecule has 0 aromatic heterocycles. The van der Waals surface area contributed by atoms with E-state index in [9.17, 15) is 9.59 Å². The first-order valence-corrected chi connectivity index (χ1v) is 7.80. The van der Waals surface area contributed by atoms with E-state index in [0.29, 0.717) is 0 Å². The Morgan fingerprint density at radius 3 is 2.48 bits per heavy atom. The topological polar surface area (TPSA) is 55.4 Å². The van der Waals surface area contributed by atoms with Gasteiger partial charge in [-0.1, -0.05) is 22.9 Å². The highest BCUT2D eigenvalue weighted by Gasteiger charge is 2.17. The lowest BCUT2D eigenvalue weighted by molar-refractivity contribution is -0.155. The molecule has 0 fully saturated rings. The van der Waals surface area contributed by atoms with Gasteiger partial charge in [-0.2, -0.15) is 0 Å². The third kappa shape index (κ3) is 6.76. The first-order chi connectivity index (χ1) is 9.71. The molecule has 1 aromatic rings. The van der Waals surface area contributed by atoms with Crippen molar-refractivity contribution in [3.8, 4) is 0 Å². The van der Waals surface area contributed by atoms with Crippen molar-refractivity contribution in [2.24, 2.45) is 0 Å². The van der Waals surface area contributed by atoms with E-state index in [1.807, 2.05) is 25.1 Å². The number of halogens is 1. The Morgan fingerprint density at radius 2 is 1.90 bits per heavy atom. The molecule has 0 saturated carbocycles. The van der Waals surface area contributed by atoms with Crippen LogP contribution in [0.25, 0.3) is 0 Å². The molecule has 0 aliphatic carbocycles. The molecular weight excluding hydrogens is 334 g/mol. The number of anilines is 1. The van der Waals surface area contributed by atoms with Crippen molar-refractivity contribution in [3.63, 3.8) is 0 Å². The number of aryl methyl sites for hydroxylation is 1. The number of esters is 1. The van der Waals surface area contributed by atoms with Gasteiger partial charge in [-0.25, -0.2) is 0 Å². The smallest absolute Gasteiger partial charge is 0.306 e.